The summed E-state index contributed by atoms with van der Waals surface area (Å²) in [6, 6.07) is 100.0. The maximum Gasteiger partial charge on any atom is 0.106 e. The average Bonchev–Trinajstić information content (AvgIpc) is 1.60. The predicted octanol–water partition coefficient (Wildman–Crippen LogP) is 23.2. The maximum absolute atomic E-state index is 4.69. The smallest absolute Gasteiger partial charge is 0.106 e. The van der Waals surface area contributed by atoms with Crippen molar-refractivity contribution in [1.29, 1.82) is 0 Å². The van der Waals surface area contributed by atoms with Crippen LogP contribution < -0.4 is 5.32 Å². The molecule has 1 aliphatic heterocycles. The van der Waals surface area contributed by atoms with E-state index in [0.717, 1.165) is 167 Å². The van der Waals surface area contributed by atoms with E-state index >= 15 is 0 Å². The van der Waals surface area contributed by atoms with Gasteiger partial charge in [0.1, 0.15) is 5.82 Å². The van der Waals surface area contributed by atoms with Gasteiger partial charge in [-0.25, -0.2) is 23.7 Å². The minimum atomic E-state index is 0.896. The van der Waals surface area contributed by atoms with E-state index in [4.69, 9.17) is 5.10 Å². The van der Waals surface area contributed by atoms with E-state index in [0.29, 0.717) is 0 Å². The molecule has 0 amide bonds. The molecule has 19 heteroatoms. The molecule has 24 rings (SSSR count). The summed E-state index contributed by atoms with van der Waals surface area (Å²) in [5.74, 6) is 1.01. The lowest BCUT2D eigenvalue weighted by Gasteiger charge is -2.27. The molecule has 616 valence electrons. The molecule has 0 atom stereocenters. The van der Waals surface area contributed by atoms with Crippen LogP contribution in [0.2, 0.25) is 0 Å². The molecule has 0 saturated carbocycles. The van der Waals surface area contributed by atoms with Crippen molar-refractivity contribution in [2.75, 3.05) is 32.7 Å². The third kappa shape index (κ3) is 14.1. The number of benzene rings is 12. The fraction of sp³-hybridized carbons (Fsp3) is 0.170. The number of rotatable bonds is 16. The van der Waals surface area contributed by atoms with Crippen molar-refractivity contribution in [3.63, 3.8) is 0 Å². The number of nitrogens with zero attached hydrogens (tertiary/aromatic N) is 16. The molecule has 0 unspecified atom stereocenters. The number of fused-ring (bicyclic) bond motifs is 15. The van der Waals surface area contributed by atoms with E-state index in [2.05, 4.69) is 389 Å². The Morgan fingerprint density at radius 1 is 0.328 bits per heavy atom. The number of piperazine rings is 1. The van der Waals surface area contributed by atoms with Crippen LogP contribution in [0.25, 0.3) is 188 Å². The van der Waals surface area contributed by atoms with Crippen LogP contribution in [0.5, 0.6) is 0 Å². The second kappa shape index (κ2) is 32.8. The Hall–Kier alpha value is -14.9. The molecule has 0 aliphatic carbocycles. The van der Waals surface area contributed by atoms with Gasteiger partial charge in [0.15, 0.2) is 0 Å². The summed E-state index contributed by atoms with van der Waals surface area (Å²) in [4.78, 5) is 14.0. The Morgan fingerprint density at radius 3 is 1.15 bits per heavy atom. The van der Waals surface area contributed by atoms with Gasteiger partial charge in [0, 0.05) is 204 Å². The summed E-state index contributed by atoms with van der Waals surface area (Å²) in [7, 11) is 1.97. The third-order valence-corrected chi connectivity index (χ3v) is 25.3. The molecule has 11 aromatic heterocycles. The van der Waals surface area contributed by atoms with Gasteiger partial charge in [-0.2, -0.15) is 25.5 Å². The van der Waals surface area contributed by atoms with E-state index in [9.17, 15) is 0 Å². The van der Waals surface area contributed by atoms with E-state index < -0.39 is 0 Å². The summed E-state index contributed by atoms with van der Waals surface area (Å²) in [5.41, 5.74) is 30.3. The lowest BCUT2D eigenvalue weighted by molar-refractivity contribution is 0.244. The Morgan fingerprint density at radius 2 is 0.712 bits per heavy atom. The molecule has 3 N–H and O–H groups in total. The zero-order chi connectivity index (χ0) is 84.3. The Bertz CT molecular complexity index is 7770. The van der Waals surface area contributed by atoms with Crippen LogP contribution in [-0.2, 0) is 46.1 Å². The monoisotopic (exact) mass is 1640 g/mol. The average molecular weight is 1640 g/mol. The third-order valence-electron chi connectivity index (χ3n) is 25.3. The highest BCUT2D eigenvalue weighted by Crippen LogP contribution is 2.39. The quantitative estimate of drug-likeness (QED) is 0.0859. The highest BCUT2D eigenvalue weighted by molar-refractivity contribution is 6.12. The molecular weight excluding hydrogens is 1540 g/mol. The van der Waals surface area contributed by atoms with Crippen LogP contribution >= 0.6 is 0 Å². The van der Waals surface area contributed by atoms with Gasteiger partial charge < -0.3 is 38.5 Å². The van der Waals surface area contributed by atoms with Crippen molar-refractivity contribution in [2.45, 2.75) is 80.6 Å². The van der Waals surface area contributed by atoms with E-state index in [1.807, 2.05) is 56.8 Å². The molecule has 12 aromatic carbocycles. The summed E-state index contributed by atoms with van der Waals surface area (Å²) >= 11 is 0. The van der Waals surface area contributed by atoms with E-state index in [-0.39, 0.29) is 0 Å². The molecule has 1 fully saturated rings. The number of aryl methyl sites for hydroxylation is 7. The van der Waals surface area contributed by atoms with Crippen LogP contribution in [0, 0.1) is 6.92 Å². The predicted molar refractivity (Wildman–Crippen MR) is 514 cm³/mol. The van der Waals surface area contributed by atoms with E-state index in [1.54, 1.807) is 0 Å². The molecule has 1 aliphatic rings. The number of nitrogens with one attached hydrogen (secondary N) is 3. The fourth-order valence-corrected chi connectivity index (χ4v) is 19.2. The van der Waals surface area contributed by atoms with Crippen LogP contribution in [0.4, 0.5) is 0 Å². The minimum absolute atomic E-state index is 0.896. The number of aromatic nitrogens is 17. The lowest BCUT2D eigenvalue weighted by atomic mass is 10.1. The molecule has 0 radical (unpaired) electrons. The Kier molecular flexibility index (Phi) is 20.3. The molecule has 19 nitrogen and oxygen atoms in total. The topological polar surface area (TPSA) is 169 Å². The normalized spacial score (nSPS) is 12.6. The van der Waals surface area contributed by atoms with Crippen molar-refractivity contribution in [3.8, 4) is 67.8 Å². The highest BCUT2D eigenvalue weighted by Gasteiger charge is 2.21. The first kappa shape index (κ1) is 77.4. The Labute approximate surface area is 723 Å². The maximum atomic E-state index is 4.69. The first-order valence-electron chi connectivity index (χ1n) is 43.8. The van der Waals surface area contributed by atoms with E-state index in [1.165, 1.54) is 109 Å². The van der Waals surface area contributed by atoms with Crippen LogP contribution in [0.1, 0.15) is 51.7 Å². The number of aromatic amines is 2. The van der Waals surface area contributed by atoms with Gasteiger partial charge >= 0.3 is 0 Å². The number of H-pyrrole nitrogens is 2. The second-order valence-electron chi connectivity index (χ2n) is 32.5. The van der Waals surface area contributed by atoms with Gasteiger partial charge in [-0.3, -0.25) is 4.68 Å². The lowest BCUT2D eigenvalue weighted by Crippen LogP contribution is -2.44. The van der Waals surface area contributed by atoms with Gasteiger partial charge in [-0.15, -0.1) is 0 Å². The largest absolute Gasteiger partial charge is 0.359 e. The standard InChI is InChI=1S/C29H31N5.C26H23N5.C26H22N4.C25H21N5/c1-2-33-28-6-4-3-5-25(28)26-21-24(11-12-29(26)33)34-27(13-15-31-34)23-9-7-22(8-10-23)14-18-32-19-16-30-17-20-32;1-3-26-28-21-11-9-17(15-22(21)29-26)23-13-14-27-31(23)18-10-12-25-20(16-18)19-7-5-6-8-24(19)30(25)4-2;1-3-29-25-7-5-4-6-21(25)22-16-20(9-11-26(22)29)30-24(12-13-27-30)18-8-10-23-19(15-18)14-17(2)28-23;1-3-29-24-7-5-4-6-20(24)21-15-19(9-11-25(21)29)30-23(12-13-26-30)17-8-10-22-18(14-17)16-27-28(22)2/h3-13,15,21,30H,2,14,16-20H2,1H3;5-16H,3-4H2,1-2H3,(H,28,29);4-16,28H,3H2,1-2H3;4-16H,3H2,1-2H3. The number of para-hydroxylation sites is 4. The molecule has 23 aromatic rings. The number of imidazole rings is 1. The zero-order valence-corrected chi connectivity index (χ0v) is 71.4. The first-order chi connectivity index (χ1) is 61.5. The van der Waals surface area contributed by atoms with Gasteiger partial charge in [0.25, 0.3) is 0 Å². The zero-order valence-electron chi connectivity index (χ0n) is 71.4. The van der Waals surface area contributed by atoms with Crippen molar-refractivity contribution in [2.24, 2.45) is 7.05 Å². The molecule has 1 saturated heterocycles. The second-order valence-corrected chi connectivity index (χ2v) is 32.5. The fourth-order valence-electron chi connectivity index (χ4n) is 19.2. The molecule has 0 bridgehead atoms. The molecular formula is C106H97N19. The molecule has 125 heavy (non-hydrogen) atoms. The van der Waals surface area contributed by atoms with Gasteiger partial charge in [-0.1, -0.05) is 122 Å². The van der Waals surface area contributed by atoms with Crippen molar-refractivity contribution in [3.05, 3.63) is 327 Å². The van der Waals surface area contributed by atoms with Gasteiger partial charge in [0.2, 0.25) is 0 Å². The summed E-state index contributed by atoms with van der Waals surface area (Å²) in [6.07, 6.45) is 11.4. The van der Waals surface area contributed by atoms with Crippen molar-refractivity contribution >= 4 is 120 Å². The molecule has 0 spiro atoms. The number of hydrogen-bond donors (Lipinski definition) is 3. The van der Waals surface area contributed by atoms with Crippen LogP contribution in [0.3, 0.4) is 0 Å². The minimum Gasteiger partial charge on any atom is -0.359 e. The summed E-state index contributed by atoms with van der Waals surface area (Å²) in [6.45, 7) is 22.4. The van der Waals surface area contributed by atoms with Gasteiger partial charge in [-0.05, 0) is 210 Å². The molecule has 12 heterocycles. The van der Waals surface area contributed by atoms with Gasteiger partial charge in [0.05, 0.1) is 93.1 Å². The highest BCUT2D eigenvalue weighted by atomic mass is 15.3. The summed E-state index contributed by atoms with van der Waals surface area (Å²) < 4.78 is 19.5. The van der Waals surface area contributed by atoms with Crippen molar-refractivity contribution in [1.82, 2.24) is 92.3 Å². The van der Waals surface area contributed by atoms with Crippen molar-refractivity contribution < 1.29 is 0 Å². The SMILES string of the molecule is CCc1nc2ccc(-c3ccnn3-c3ccc4c(c3)c3ccccc3n4CC)cc2[nH]1.CCn1c2ccccc2c2cc(-n3nccc3-c3ccc(CCN4CCNCC4)cc3)ccc21.CCn1c2ccccc2c2cc(-n3nccc3-c3ccc4[nH]c(C)cc4c3)ccc21.CCn1c2ccccc2c2cc(-n3nccc3-c3ccc4c(cnn4C)c3)ccc21. The first-order valence-corrected chi connectivity index (χ1v) is 43.8. The van der Waals surface area contributed by atoms with Crippen LogP contribution in [-0.4, -0.2) is 120 Å². The summed E-state index contributed by atoms with van der Waals surface area (Å²) in [5, 5.41) is 39.0. The van der Waals surface area contributed by atoms with Crippen LogP contribution in [0.15, 0.2) is 310 Å². The number of hydrogen-bond acceptors (Lipinski definition) is 8. The Balaban J connectivity index is 0.000000102.